The van der Waals surface area contributed by atoms with Gasteiger partial charge in [0.25, 0.3) is 0 Å². The van der Waals surface area contributed by atoms with Gasteiger partial charge >= 0.3 is 5.97 Å². The van der Waals surface area contributed by atoms with Crippen molar-refractivity contribution in [1.82, 2.24) is 0 Å². The lowest BCUT2D eigenvalue weighted by atomic mass is 10.2. The van der Waals surface area contributed by atoms with E-state index in [9.17, 15) is 9.90 Å². The minimum Gasteiger partial charge on any atom is -0.502 e. The molecule has 0 fully saturated rings. The topological polar surface area (TPSA) is 129 Å². The third kappa shape index (κ3) is 4.75. The number of carbonyl (C=O) groups is 1. The number of ether oxygens (including phenoxy) is 3. The molecule has 0 atom stereocenters. The van der Waals surface area contributed by atoms with E-state index in [0.717, 1.165) is 0 Å². The second kappa shape index (κ2) is 7.83. The molecule has 0 bridgehead atoms. The first kappa shape index (κ1) is 16.4. The summed E-state index contributed by atoms with van der Waals surface area (Å²) in [6, 6.07) is 2.74. The lowest BCUT2D eigenvalue weighted by Crippen LogP contribution is -2.23. The molecule has 0 saturated carbocycles. The number of methoxy groups -OCH3 is 2. The zero-order chi connectivity index (χ0) is 15.8. The van der Waals surface area contributed by atoms with Crippen molar-refractivity contribution in [2.75, 3.05) is 27.4 Å². The van der Waals surface area contributed by atoms with Crippen LogP contribution in [0, 0.1) is 0 Å². The van der Waals surface area contributed by atoms with Crippen LogP contribution in [0.4, 0.5) is 0 Å². The van der Waals surface area contributed by atoms with Crippen molar-refractivity contribution in [3.63, 3.8) is 0 Å². The van der Waals surface area contributed by atoms with Crippen LogP contribution in [0.3, 0.4) is 0 Å². The Hall–Kier alpha value is -2.64. The first-order chi connectivity index (χ1) is 9.99. The SMILES string of the molecule is COc1cc(C(=O)OCCCN=C(N)N)cc(OC)c1O. The van der Waals surface area contributed by atoms with Crippen molar-refractivity contribution in [3.05, 3.63) is 17.7 Å². The number of rotatable bonds is 7. The number of benzene rings is 1. The fraction of sp³-hybridized carbons (Fsp3) is 0.385. The quantitative estimate of drug-likeness (QED) is 0.284. The zero-order valence-corrected chi connectivity index (χ0v) is 12.0. The van der Waals surface area contributed by atoms with E-state index in [2.05, 4.69) is 4.99 Å². The van der Waals surface area contributed by atoms with E-state index in [1.165, 1.54) is 26.4 Å². The van der Waals surface area contributed by atoms with E-state index in [4.69, 9.17) is 25.7 Å². The number of carbonyl (C=O) groups excluding carboxylic acids is 1. The summed E-state index contributed by atoms with van der Waals surface area (Å²) in [5.41, 5.74) is 10.6. The van der Waals surface area contributed by atoms with E-state index < -0.39 is 5.97 Å². The summed E-state index contributed by atoms with van der Waals surface area (Å²) in [4.78, 5) is 15.7. The number of nitrogens with two attached hydrogens (primary N) is 2. The number of guanidine groups is 1. The Morgan fingerprint density at radius 1 is 1.24 bits per heavy atom. The van der Waals surface area contributed by atoms with Gasteiger partial charge < -0.3 is 30.8 Å². The monoisotopic (exact) mass is 297 g/mol. The summed E-state index contributed by atoms with van der Waals surface area (Å²) in [6.45, 7) is 0.541. The van der Waals surface area contributed by atoms with Crippen LogP contribution in [0.25, 0.3) is 0 Å². The van der Waals surface area contributed by atoms with Crippen LogP contribution in [0.15, 0.2) is 17.1 Å². The molecule has 0 amide bonds. The summed E-state index contributed by atoms with van der Waals surface area (Å²) in [5, 5.41) is 9.75. The Bertz CT molecular complexity index is 502. The number of nitrogens with zero attached hydrogens (tertiary/aromatic N) is 1. The van der Waals surface area contributed by atoms with Crippen LogP contribution in [0.1, 0.15) is 16.8 Å². The molecule has 0 spiro atoms. The van der Waals surface area contributed by atoms with Crippen LogP contribution in [-0.4, -0.2) is 44.4 Å². The maximum atomic E-state index is 11.9. The van der Waals surface area contributed by atoms with Gasteiger partial charge in [0.15, 0.2) is 17.5 Å². The van der Waals surface area contributed by atoms with Crippen LogP contribution >= 0.6 is 0 Å². The van der Waals surface area contributed by atoms with Crippen molar-refractivity contribution in [2.24, 2.45) is 16.5 Å². The van der Waals surface area contributed by atoms with Gasteiger partial charge in [0.2, 0.25) is 5.75 Å². The van der Waals surface area contributed by atoms with Crippen molar-refractivity contribution in [1.29, 1.82) is 0 Å². The van der Waals surface area contributed by atoms with Gasteiger partial charge in [-0.25, -0.2) is 4.79 Å². The summed E-state index contributed by atoms with van der Waals surface area (Å²) in [6.07, 6.45) is 0.496. The summed E-state index contributed by atoms with van der Waals surface area (Å²) in [5.74, 6) is -0.487. The van der Waals surface area contributed by atoms with E-state index in [1.807, 2.05) is 0 Å². The van der Waals surface area contributed by atoms with Crippen molar-refractivity contribution >= 4 is 11.9 Å². The molecule has 1 aromatic rings. The number of hydrogen-bond acceptors (Lipinski definition) is 6. The van der Waals surface area contributed by atoms with Gasteiger partial charge in [-0.3, -0.25) is 4.99 Å². The average Bonchev–Trinajstić information content (AvgIpc) is 2.46. The Morgan fingerprint density at radius 2 is 1.81 bits per heavy atom. The molecular formula is C13H19N3O5. The molecule has 0 aliphatic heterocycles. The highest BCUT2D eigenvalue weighted by molar-refractivity contribution is 5.91. The smallest absolute Gasteiger partial charge is 0.338 e. The Labute approximate surface area is 122 Å². The Morgan fingerprint density at radius 3 is 2.29 bits per heavy atom. The second-order valence-electron chi connectivity index (χ2n) is 4.03. The predicted octanol–water partition coefficient (Wildman–Crippen LogP) is 0.230. The van der Waals surface area contributed by atoms with Gasteiger partial charge in [0, 0.05) is 13.0 Å². The number of phenols is 1. The fourth-order valence-electron chi connectivity index (χ4n) is 1.53. The first-order valence-corrected chi connectivity index (χ1v) is 6.17. The molecule has 1 aromatic carbocycles. The third-order valence-corrected chi connectivity index (χ3v) is 2.55. The van der Waals surface area contributed by atoms with Gasteiger partial charge in [-0.2, -0.15) is 0 Å². The van der Waals surface area contributed by atoms with Gasteiger partial charge in [-0.05, 0) is 12.1 Å². The van der Waals surface area contributed by atoms with Crippen molar-refractivity contribution in [2.45, 2.75) is 6.42 Å². The maximum Gasteiger partial charge on any atom is 0.338 e. The van der Waals surface area contributed by atoms with E-state index in [1.54, 1.807) is 0 Å². The van der Waals surface area contributed by atoms with Gasteiger partial charge in [0.1, 0.15) is 0 Å². The lowest BCUT2D eigenvalue weighted by Gasteiger charge is -2.11. The fourth-order valence-corrected chi connectivity index (χ4v) is 1.53. The molecule has 0 heterocycles. The molecule has 21 heavy (non-hydrogen) atoms. The first-order valence-electron chi connectivity index (χ1n) is 6.17. The number of esters is 1. The van der Waals surface area contributed by atoms with Crippen LogP contribution < -0.4 is 20.9 Å². The standard InChI is InChI=1S/C13H19N3O5/c1-19-9-6-8(7-10(20-2)11(9)17)12(18)21-5-3-4-16-13(14)15/h6-7,17H,3-5H2,1-2H3,(H4,14,15,16). The molecule has 116 valence electrons. The van der Waals surface area contributed by atoms with Crippen molar-refractivity contribution in [3.8, 4) is 17.2 Å². The molecule has 5 N–H and O–H groups in total. The lowest BCUT2D eigenvalue weighted by molar-refractivity contribution is 0.0502. The molecule has 0 aliphatic rings. The predicted molar refractivity (Wildman–Crippen MR) is 76.8 cm³/mol. The second-order valence-corrected chi connectivity index (χ2v) is 4.03. The molecule has 0 aromatic heterocycles. The Balaban J connectivity index is 2.68. The van der Waals surface area contributed by atoms with Crippen LogP contribution in [0.5, 0.6) is 17.2 Å². The largest absolute Gasteiger partial charge is 0.502 e. The molecule has 8 nitrogen and oxygen atoms in total. The number of phenolic OH excluding ortho intramolecular Hbond substituents is 1. The van der Waals surface area contributed by atoms with Gasteiger partial charge in [-0.1, -0.05) is 0 Å². The minimum atomic E-state index is -0.559. The summed E-state index contributed by atoms with van der Waals surface area (Å²) >= 11 is 0. The van der Waals surface area contributed by atoms with Crippen LogP contribution in [-0.2, 0) is 4.74 Å². The normalized spacial score (nSPS) is 9.81. The summed E-state index contributed by atoms with van der Waals surface area (Å²) < 4.78 is 15.0. The molecule has 1 rings (SSSR count). The Kier molecular flexibility index (Phi) is 6.12. The number of hydrogen-bond donors (Lipinski definition) is 3. The molecule has 0 aliphatic carbocycles. The molecular weight excluding hydrogens is 278 g/mol. The summed E-state index contributed by atoms with van der Waals surface area (Å²) in [7, 11) is 2.75. The van der Waals surface area contributed by atoms with E-state index >= 15 is 0 Å². The number of aliphatic imine (C=N–C) groups is 1. The van der Waals surface area contributed by atoms with Gasteiger partial charge in [0.05, 0.1) is 26.4 Å². The highest BCUT2D eigenvalue weighted by Gasteiger charge is 2.16. The average molecular weight is 297 g/mol. The highest BCUT2D eigenvalue weighted by atomic mass is 16.5. The van der Waals surface area contributed by atoms with Crippen LogP contribution in [0.2, 0.25) is 0 Å². The number of aromatic hydroxyl groups is 1. The van der Waals surface area contributed by atoms with Gasteiger partial charge in [-0.15, -0.1) is 0 Å². The van der Waals surface area contributed by atoms with E-state index in [0.29, 0.717) is 13.0 Å². The van der Waals surface area contributed by atoms with Crippen molar-refractivity contribution < 1.29 is 24.1 Å². The maximum absolute atomic E-state index is 11.9. The molecule has 8 heteroatoms. The molecule has 0 saturated heterocycles. The van der Waals surface area contributed by atoms with E-state index in [-0.39, 0.29) is 35.4 Å². The third-order valence-electron chi connectivity index (χ3n) is 2.55. The molecule has 0 unspecified atom stereocenters. The molecule has 0 radical (unpaired) electrons. The highest BCUT2D eigenvalue weighted by Crippen LogP contribution is 2.37. The zero-order valence-electron chi connectivity index (χ0n) is 12.0. The minimum absolute atomic E-state index is 0.00525.